The van der Waals surface area contributed by atoms with E-state index in [2.05, 4.69) is 26.9 Å². The van der Waals surface area contributed by atoms with Crippen LogP contribution in [0.3, 0.4) is 0 Å². The molecule has 0 spiro atoms. The molecule has 1 atom stereocenters. The van der Waals surface area contributed by atoms with Crippen LogP contribution >= 0.6 is 24.0 Å². The van der Waals surface area contributed by atoms with E-state index in [1.807, 2.05) is 13.8 Å². The number of hydrogen-bond acceptors (Lipinski definition) is 4. The maximum absolute atomic E-state index is 12.2. The lowest BCUT2D eigenvalue weighted by molar-refractivity contribution is 0.267. The van der Waals surface area contributed by atoms with E-state index in [9.17, 15) is 8.42 Å². The molecule has 1 aromatic rings. The molecule has 1 fully saturated rings. The number of nitrogens with two attached hydrogens (primary N) is 1. The van der Waals surface area contributed by atoms with Crippen LogP contribution < -0.4 is 15.8 Å². The Balaban J connectivity index is 0.00000392. The van der Waals surface area contributed by atoms with Crippen molar-refractivity contribution in [2.45, 2.75) is 51.1 Å². The topological polar surface area (TPSA) is 99.8 Å². The van der Waals surface area contributed by atoms with Gasteiger partial charge in [0.2, 0.25) is 10.0 Å². The molecule has 0 amide bonds. The Morgan fingerprint density at radius 3 is 2.61 bits per heavy atom. The van der Waals surface area contributed by atoms with E-state index in [0.717, 1.165) is 25.2 Å². The summed E-state index contributed by atoms with van der Waals surface area (Å²) in [5.41, 5.74) is 6.88. The van der Waals surface area contributed by atoms with Crippen LogP contribution in [0.15, 0.2) is 34.2 Å². The monoisotopic (exact) mass is 523 g/mol. The minimum atomic E-state index is -3.46. The zero-order valence-electron chi connectivity index (χ0n) is 17.0. The molecule has 4 N–H and O–H groups in total. The molecule has 1 unspecified atom stereocenters. The second-order valence-corrected chi connectivity index (χ2v) is 9.16. The molecule has 2 rings (SSSR count). The normalized spacial score (nSPS) is 18.3. The van der Waals surface area contributed by atoms with Crippen molar-refractivity contribution in [1.29, 1.82) is 0 Å². The largest absolute Gasteiger partial charge is 0.370 e. The summed E-state index contributed by atoms with van der Waals surface area (Å²) in [6, 6.07) is 7.28. The number of sulfonamides is 1. The van der Waals surface area contributed by atoms with Gasteiger partial charge in [-0.15, -0.1) is 24.0 Å². The van der Waals surface area contributed by atoms with Crippen molar-refractivity contribution < 1.29 is 8.42 Å². The molecule has 0 saturated carbocycles. The van der Waals surface area contributed by atoms with Gasteiger partial charge in [-0.3, -0.25) is 4.90 Å². The van der Waals surface area contributed by atoms with E-state index >= 15 is 0 Å². The summed E-state index contributed by atoms with van der Waals surface area (Å²) in [7, 11) is -3.46. The Morgan fingerprint density at radius 1 is 1.32 bits per heavy atom. The quantitative estimate of drug-likeness (QED) is 0.262. The third kappa shape index (κ3) is 7.84. The van der Waals surface area contributed by atoms with Crippen LogP contribution in [-0.4, -0.2) is 51.5 Å². The average molecular weight is 523 g/mol. The first-order chi connectivity index (χ1) is 12.8. The standard InChI is InChI=1S/C19H33N5O2S.HI/c1-4-24-11-5-6-17(24)14-22-19(20)21-13-16-7-9-18(10-8-16)27(25,26)23-12-15(2)3;/h7-10,15,17,23H,4-6,11-14H2,1-3H3,(H3,20,21,22);1H. The van der Waals surface area contributed by atoms with Crippen molar-refractivity contribution in [3.63, 3.8) is 0 Å². The first kappa shape index (κ1) is 25.1. The van der Waals surface area contributed by atoms with E-state index in [-0.39, 0.29) is 34.8 Å². The first-order valence-corrected chi connectivity index (χ1v) is 11.2. The van der Waals surface area contributed by atoms with E-state index < -0.39 is 10.0 Å². The fraction of sp³-hybridized carbons (Fsp3) is 0.632. The highest BCUT2D eigenvalue weighted by Crippen LogP contribution is 2.15. The molecule has 1 heterocycles. The molecule has 1 saturated heterocycles. The van der Waals surface area contributed by atoms with E-state index in [4.69, 9.17) is 5.73 Å². The molecular formula is C19H34IN5O2S. The molecule has 1 aromatic carbocycles. The van der Waals surface area contributed by atoms with E-state index in [0.29, 0.717) is 25.1 Å². The summed E-state index contributed by atoms with van der Waals surface area (Å²) in [4.78, 5) is 7.08. The number of halogens is 1. The van der Waals surface area contributed by atoms with E-state index in [1.165, 1.54) is 12.8 Å². The lowest BCUT2D eigenvalue weighted by atomic mass is 10.2. The van der Waals surface area contributed by atoms with Gasteiger partial charge >= 0.3 is 0 Å². The fourth-order valence-electron chi connectivity index (χ4n) is 3.13. The van der Waals surface area contributed by atoms with Crippen LogP contribution in [-0.2, 0) is 16.6 Å². The maximum Gasteiger partial charge on any atom is 0.240 e. The summed E-state index contributed by atoms with van der Waals surface area (Å²) in [6.45, 7) is 9.97. The molecule has 0 bridgehead atoms. The second kappa shape index (κ2) is 11.9. The minimum absolute atomic E-state index is 0. The zero-order chi connectivity index (χ0) is 19.9. The van der Waals surface area contributed by atoms with E-state index in [1.54, 1.807) is 24.3 Å². The Kier molecular flexibility index (Phi) is 10.7. The van der Waals surface area contributed by atoms with Crippen LogP contribution in [0, 0.1) is 5.92 Å². The number of nitrogens with one attached hydrogen (secondary N) is 2. The van der Waals surface area contributed by atoms with Crippen molar-refractivity contribution in [3.8, 4) is 0 Å². The van der Waals surface area contributed by atoms with Crippen LogP contribution in [0.2, 0.25) is 0 Å². The Morgan fingerprint density at radius 2 is 2.00 bits per heavy atom. The highest BCUT2D eigenvalue weighted by Gasteiger charge is 2.22. The second-order valence-electron chi connectivity index (χ2n) is 7.40. The number of likely N-dealkylation sites (tertiary alicyclic amines) is 1. The van der Waals surface area contributed by atoms with Gasteiger partial charge in [-0.1, -0.05) is 32.9 Å². The number of rotatable bonds is 9. The smallest absolute Gasteiger partial charge is 0.240 e. The summed E-state index contributed by atoms with van der Waals surface area (Å²) < 4.78 is 27.0. The van der Waals surface area contributed by atoms with Crippen molar-refractivity contribution >= 4 is 40.0 Å². The summed E-state index contributed by atoms with van der Waals surface area (Å²) in [5.74, 6) is 0.686. The van der Waals surface area contributed by atoms with Crippen LogP contribution in [0.25, 0.3) is 0 Å². The van der Waals surface area contributed by atoms with Gasteiger partial charge in [-0.05, 0) is 49.5 Å². The lowest BCUT2D eigenvalue weighted by Crippen LogP contribution is -2.42. The van der Waals surface area contributed by atoms with Gasteiger partial charge < -0.3 is 11.1 Å². The molecule has 7 nitrogen and oxygen atoms in total. The molecule has 1 aliphatic heterocycles. The van der Waals surface area contributed by atoms with Gasteiger partial charge in [0.05, 0.1) is 11.4 Å². The lowest BCUT2D eigenvalue weighted by Gasteiger charge is -2.23. The van der Waals surface area contributed by atoms with Crippen molar-refractivity contribution in [1.82, 2.24) is 14.9 Å². The number of guanidine groups is 1. The van der Waals surface area contributed by atoms with Gasteiger partial charge in [-0.2, -0.15) is 0 Å². The third-order valence-electron chi connectivity index (χ3n) is 4.77. The molecule has 0 radical (unpaired) electrons. The van der Waals surface area contributed by atoms with Crippen molar-refractivity contribution in [3.05, 3.63) is 29.8 Å². The number of aliphatic imine (C=N–C) groups is 1. The number of likely N-dealkylation sites (N-methyl/N-ethyl adjacent to an activating group) is 1. The predicted octanol–water partition coefficient (Wildman–Crippen LogP) is 2.13. The van der Waals surface area contributed by atoms with Gasteiger partial charge in [0, 0.05) is 19.1 Å². The summed E-state index contributed by atoms with van der Waals surface area (Å²) in [6.07, 6.45) is 2.42. The van der Waals surface area contributed by atoms with Gasteiger partial charge in [0.15, 0.2) is 5.96 Å². The molecule has 0 aromatic heterocycles. The first-order valence-electron chi connectivity index (χ1n) is 9.68. The fourth-order valence-corrected chi connectivity index (χ4v) is 4.34. The highest BCUT2D eigenvalue weighted by atomic mass is 127. The van der Waals surface area contributed by atoms with Crippen molar-refractivity contribution in [2.24, 2.45) is 16.6 Å². The van der Waals surface area contributed by atoms with Crippen molar-refractivity contribution in [2.75, 3.05) is 26.2 Å². The van der Waals surface area contributed by atoms with Crippen LogP contribution in [0.5, 0.6) is 0 Å². The average Bonchev–Trinajstić information content (AvgIpc) is 3.11. The Bertz CT molecular complexity index is 722. The van der Waals surface area contributed by atoms with Gasteiger partial charge in [0.25, 0.3) is 0 Å². The van der Waals surface area contributed by atoms with Gasteiger partial charge in [0.1, 0.15) is 0 Å². The predicted molar refractivity (Wildman–Crippen MR) is 125 cm³/mol. The molecule has 1 aliphatic rings. The molecule has 9 heteroatoms. The zero-order valence-corrected chi connectivity index (χ0v) is 20.2. The number of hydrogen-bond donors (Lipinski definition) is 3. The Hall–Kier alpha value is -0.910. The number of benzene rings is 1. The summed E-state index contributed by atoms with van der Waals surface area (Å²) >= 11 is 0. The third-order valence-corrected chi connectivity index (χ3v) is 6.21. The molecule has 0 aliphatic carbocycles. The highest BCUT2D eigenvalue weighted by molar-refractivity contribution is 14.0. The van der Waals surface area contributed by atoms with Crippen LogP contribution in [0.4, 0.5) is 0 Å². The minimum Gasteiger partial charge on any atom is -0.370 e. The maximum atomic E-state index is 12.2. The van der Waals surface area contributed by atoms with Gasteiger partial charge in [-0.25, -0.2) is 18.1 Å². The molecular weight excluding hydrogens is 489 g/mol. The molecule has 28 heavy (non-hydrogen) atoms. The number of nitrogens with zero attached hydrogens (tertiary/aromatic N) is 2. The molecule has 160 valence electrons. The SMILES string of the molecule is CCN1CCCC1CNC(N)=NCc1ccc(S(=O)(=O)NCC(C)C)cc1.I. The van der Waals surface area contributed by atoms with Crippen LogP contribution in [0.1, 0.15) is 39.2 Å². The summed E-state index contributed by atoms with van der Waals surface area (Å²) in [5, 5.41) is 3.20. The Labute approximate surface area is 186 Å².